The summed E-state index contributed by atoms with van der Waals surface area (Å²) in [5.74, 6) is 0.812. The number of anilines is 1. The molecule has 1 N–H and O–H groups in total. The number of nitrogens with zero attached hydrogens (tertiary/aromatic N) is 1. The van der Waals surface area contributed by atoms with Crippen molar-refractivity contribution < 1.29 is 4.74 Å². The number of benzene rings is 2. The molecule has 0 atom stereocenters. The summed E-state index contributed by atoms with van der Waals surface area (Å²) in [4.78, 5) is 3.51. The third-order valence-corrected chi connectivity index (χ3v) is 5.27. The van der Waals surface area contributed by atoms with Gasteiger partial charge in [-0.2, -0.15) is 0 Å². The van der Waals surface area contributed by atoms with Crippen molar-refractivity contribution in [1.82, 2.24) is 4.90 Å². The summed E-state index contributed by atoms with van der Waals surface area (Å²) in [6.07, 6.45) is 0.951. The number of methoxy groups -OCH3 is 1. The number of hydrogen-bond donors (Lipinski definition) is 1. The van der Waals surface area contributed by atoms with E-state index >= 15 is 0 Å². The van der Waals surface area contributed by atoms with Crippen LogP contribution in [-0.4, -0.2) is 23.7 Å². The summed E-state index contributed by atoms with van der Waals surface area (Å²) >= 11 is 7.46. The van der Waals surface area contributed by atoms with Gasteiger partial charge in [-0.3, -0.25) is 0 Å². The first-order valence-electron chi connectivity index (χ1n) is 8.51. The second-order valence-electron chi connectivity index (χ2n) is 5.90. The van der Waals surface area contributed by atoms with Gasteiger partial charge < -0.3 is 15.0 Å². The fourth-order valence-electron chi connectivity index (χ4n) is 2.66. The molecule has 3 nitrogen and oxygen atoms in total. The number of ether oxygens (including phenoxy) is 1. The van der Waals surface area contributed by atoms with E-state index in [-0.39, 0.29) is 0 Å². The Bertz CT molecular complexity index is 819. The molecule has 0 aliphatic heterocycles. The van der Waals surface area contributed by atoms with E-state index in [0.717, 1.165) is 36.1 Å². The van der Waals surface area contributed by atoms with Crippen molar-refractivity contribution in [3.8, 4) is 5.75 Å². The lowest BCUT2D eigenvalue weighted by atomic mass is 10.1. The lowest BCUT2D eigenvalue weighted by Gasteiger charge is -2.25. The van der Waals surface area contributed by atoms with E-state index in [0.29, 0.717) is 0 Å². The molecule has 0 amide bonds. The van der Waals surface area contributed by atoms with Gasteiger partial charge in [0.2, 0.25) is 0 Å². The molecule has 134 valence electrons. The maximum Gasteiger partial charge on any atom is 0.173 e. The van der Waals surface area contributed by atoms with Crippen LogP contribution in [-0.2, 0) is 13.0 Å². The predicted octanol–water partition coefficient (Wildman–Crippen LogP) is 5.20. The number of nitrogens with one attached hydrogen (secondary N) is 1. The molecule has 5 heteroatoms. The largest absolute Gasteiger partial charge is 0.497 e. The van der Waals surface area contributed by atoms with E-state index in [1.165, 1.54) is 10.4 Å². The molecule has 1 aromatic heterocycles. The van der Waals surface area contributed by atoms with Gasteiger partial charge in [0.1, 0.15) is 5.75 Å². The second-order valence-corrected chi connectivity index (χ2v) is 7.32. The minimum absolute atomic E-state index is 0.725. The first-order chi connectivity index (χ1) is 12.7. The molecular formula is C21H22N2OS2. The van der Waals surface area contributed by atoms with Gasteiger partial charge in [-0.15, -0.1) is 11.3 Å². The summed E-state index contributed by atoms with van der Waals surface area (Å²) in [7, 11) is 1.67. The van der Waals surface area contributed by atoms with Crippen LogP contribution in [0.5, 0.6) is 5.75 Å². The van der Waals surface area contributed by atoms with Crippen LogP contribution in [0.15, 0.2) is 72.1 Å². The number of rotatable bonds is 7. The van der Waals surface area contributed by atoms with Gasteiger partial charge in [-0.05, 0) is 47.8 Å². The predicted molar refractivity (Wildman–Crippen MR) is 114 cm³/mol. The summed E-state index contributed by atoms with van der Waals surface area (Å²) in [6, 6.07) is 22.6. The fourth-order valence-corrected chi connectivity index (χ4v) is 3.65. The van der Waals surface area contributed by atoms with Crippen molar-refractivity contribution >= 4 is 34.4 Å². The maximum atomic E-state index is 5.70. The highest BCUT2D eigenvalue weighted by molar-refractivity contribution is 7.80. The van der Waals surface area contributed by atoms with Gasteiger partial charge in [-0.25, -0.2) is 0 Å². The molecule has 0 bridgehead atoms. The topological polar surface area (TPSA) is 24.5 Å². The van der Waals surface area contributed by atoms with E-state index in [9.17, 15) is 0 Å². The Morgan fingerprint density at radius 3 is 2.65 bits per heavy atom. The zero-order valence-corrected chi connectivity index (χ0v) is 16.4. The van der Waals surface area contributed by atoms with Crippen LogP contribution >= 0.6 is 23.6 Å². The van der Waals surface area contributed by atoms with E-state index < -0.39 is 0 Å². The van der Waals surface area contributed by atoms with Crippen molar-refractivity contribution in [2.24, 2.45) is 0 Å². The summed E-state index contributed by atoms with van der Waals surface area (Å²) in [6.45, 7) is 1.66. The monoisotopic (exact) mass is 382 g/mol. The average molecular weight is 383 g/mol. The Morgan fingerprint density at radius 2 is 1.92 bits per heavy atom. The van der Waals surface area contributed by atoms with Crippen LogP contribution in [0.3, 0.4) is 0 Å². The highest BCUT2D eigenvalue weighted by Gasteiger charge is 2.12. The molecule has 0 fully saturated rings. The Kier molecular flexibility index (Phi) is 6.63. The van der Waals surface area contributed by atoms with Crippen LogP contribution < -0.4 is 10.1 Å². The lowest BCUT2D eigenvalue weighted by Crippen LogP contribution is -2.35. The quantitative estimate of drug-likeness (QED) is 0.568. The standard InChI is InChI=1S/C21H22N2OS2/c1-24-19-10-5-9-18(15-19)22-21(25)23(16-20-11-6-14-26-20)13-12-17-7-3-2-4-8-17/h2-11,14-15H,12-13,16H2,1H3,(H,22,25). The second kappa shape index (κ2) is 9.36. The third-order valence-electron chi connectivity index (χ3n) is 4.05. The van der Waals surface area contributed by atoms with Crippen molar-refractivity contribution in [3.05, 3.63) is 82.6 Å². The molecular weight excluding hydrogens is 360 g/mol. The molecule has 3 aromatic rings. The minimum Gasteiger partial charge on any atom is -0.497 e. The van der Waals surface area contributed by atoms with Crippen LogP contribution in [0, 0.1) is 0 Å². The fraction of sp³-hybridized carbons (Fsp3) is 0.190. The molecule has 3 rings (SSSR count). The SMILES string of the molecule is COc1cccc(NC(=S)N(CCc2ccccc2)Cc2cccs2)c1. The van der Waals surface area contributed by atoms with Gasteiger partial charge >= 0.3 is 0 Å². The number of thiocarbonyl (C=S) groups is 1. The van der Waals surface area contributed by atoms with Gasteiger partial charge in [0.05, 0.1) is 13.7 Å². The molecule has 0 aliphatic carbocycles. The zero-order chi connectivity index (χ0) is 18.2. The van der Waals surface area contributed by atoms with Crippen LogP contribution in [0.4, 0.5) is 5.69 Å². The minimum atomic E-state index is 0.725. The zero-order valence-electron chi connectivity index (χ0n) is 14.7. The van der Waals surface area contributed by atoms with Gasteiger partial charge in [0.15, 0.2) is 5.11 Å². The Hall–Kier alpha value is -2.37. The van der Waals surface area contributed by atoms with Gasteiger partial charge in [0.25, 0.3) is 0 Å². The Morgan fingerprint density at radius 1 is 1.08 bits per heavy atom. The first-order valence-corrected chi connectivity index (χ1v) is 9.79. The van der Waals surface area contributed by atoms with E-state index in [4.69, 9.17) is 17.0 Å². The molecule has 0 saturated heterocycles. The van der Waals surface area contributed by atoms with Crippen LogP contribution in [0.1, 0.15) is 10.4 Å². The highest BCUT2D eigenvalue weighted by Crippen LogP contribution is 2.19. The molecule has 0 aliphatic rings. The Balaban J connectivity index is 1.69. The van der Waals surface area contributed by atoms with Crippen LogP contribution in [0.25, 0.3) is 0 Å². The van der Waals surface area contributed by atoms with Crippen molar-refractivity contribution in [2.75, 3.05) is 19.0 Å². The summed E-state index contributed by atoms with van der Waals surface area (Å²) < 4.78 is 5.29. The van der Waals surface area contributed by atoms with E-state index in [1.54, 1.807) is 18.4 Å². The molecule has 1 heterocycles. The van der Waals surface area contributed by atoms with Crippen molar-refractivity contribution in [2.45, 2.75) is 13.0 Å². The normalized spacial score (nSPS) is 10.3. The molecule has 0 saturated carbocycles. The molecule has 0 unspecified atom stereocenters. The van der Waals surface area contributed by atoms with Crippen LogP contribution in [0.2, 0.25) is 0 Å². The summed E-state index contributed by atoms with van der Waals surface area (Å²) in [5, 5.41) is 6.17. The average Bonchev–Trinajstić information content (AvgIpc) is 3.19. The lowest BCUT2D eigenvalue weighted by molar-refractivity contribution is 0.415. The van der Waals surface area contributed by atoms with Gasteiger partial charge in [0, 0.05) is 23.2 Å². The highest BCUT2D eigenvalue weighted by atomic mass is 32.1. The number of thiophene rings is 1. The number of hydrogen-bond acceptors (Lipinski definition) is 3. The molecule has 26 heavy (non-hydrogen) atoms. The Labute approximate surface area is 164 Å². The maximum absolute atomic E-state index is 5.70. The van der Waals surface area contributed by atoms with E-state index in [2.05, 4.69) is 52.0 Å². The first kappa shape index (κ1) is 18.4. The smallest absolute Gasteiger partial charge is 0.173 e. The molecule has 0 radical (unpaired) electrons. The van der Waals surface area contributed by atoms with Crippen molar-refractivity contribution in [1.29, 1.82) is 0 Å². The van der Waals surface area contributed by atoms with Crippen molar-refractivity contribution in [3.63, 3.8) is 0 Å². The third kappa shape index (κ3) is 5.31. The molecule has 0 spiro atoms. The molecule has 2 aromatic carbocycles. The van der Waals surface area contributed by atoms with E-state index in [1.807, 2.05) is 30.3 Å². The van der Waals surface area contributed by atoms with Gasteiger partial charge in [-0.1, -0.05) is 42.5 Å². The summed E-state index contributed by atoms with van der Waals surface area (Å²) in [5.41, 5.74) is 2.25.